The summed E-state index contributed by atoms with van der Waals surface area (Å²) in [7, 11) is 5.83. The average molecular weight is 402 g/mol. The second kappa shape index (κ2) is 9.03. The molecular formula is C18H25F3N4O3. The summed E-state index contributed by atoms with van der Waals surface area (Å²) in [4.78, 5) is 18.7. The molecule has 0 aromatic heterocycles. The summed E-state index contributed by atoms with van der Waals surface area (Å²) in [6.07, 6.45) is -3.69. The van der Waals surface area contributed by atoms with Gasteiger partial charge in [-0.15, -0.1) is 0 Å². The number of benzene rings is 1. The summed E-state index contributed by atoms with van der Waals surface area (Å²) in [5.74, 6) is 1.07. The Morgan fingerprint density at radius 2 is 1.86 bits per heavy atom. The van der Waals surface area contributed by atoms with Crippen molar-refractivity contribution in [3.05, 3.63) is 23.3 Å². The number of rotatable bonds is 5. The van der Waals surface area contributed by atoms with Crippen molar-refractivity contribution in [2.24, 2.45) is 4.99 Å². The zero-order valence-corrected chi connectivity index (χ0v) is 16.4. The topological polar surface area (TPSA) is 66.4 Å². The Morgan fingerprint density at radius 3 is 2.39 bits per heavy atom. The quantitative estimate of drug-likeness (QED) is 0.600. The molecule has 28 heavy (non-hydrogen) atoms. The van der Waals surface area contributed by atoms with Crippen molar-refractivity contribution < 1.29 is 27.4 Å². The molecule has 0 spiro atoms. The first-order chi connectivity index (χ1) is 13.2. The van der Waals surface area contributed by atoms with E-state index in [1.54, 1.807) is 21.3 Å². The number of ether oxygens (including phenoxy) is 2. The largest absolute Gasteiger partial charge is 0.493 e. The van der Waals surface area contributed by atoms with Gasteiger partial charge in [-0.3, -0.25) is 9.79 Å². The fraction of sp³-hybridized carbons (Fsp3) is 0.556. The van der Waals surface area contributed by atoms with Gasteiger partial charge in [-0.1, -0.05) is 0 Å². The van der Waals surface area contributed by atoms with Crippen molar-refractivity contribution >= 4 is 11.9 Å². The first kappa shape index (κ1) is 21.6. The molecule has 1 heterocycles. The molecule has 1 N–H and O–H groups in total. The lowest BCUT2D eigenvalue weighted by atomic mass is 9.99. The maximum absolute atomic E-state index is 12.4. The van der Waals surface area contributed by atoms with E-state index >= 15 is 0 Å². The third-order valence-electron chi connectivity index (χ3n) is 4.47. The minimum atomic E-state index is -4.43. The van der Waals surface area contributed by atoms with Crippen LogP contribution in [-0.4, -0.2) is 75.8 Å². The summed E-state index contributed by atoms with van der Waals surface area (Å²) < 4.78 is 47.9. The standard InChI is InChI=1S/C18H25F3N4O3/c1-22-17(23-9-16(26)24(2)11-18(19,20)21)25-6-5-12-7-14(27-3)15(28-4)8-13(12)10-25/h7-8H,5-6,9-11H2,1-4H3,(H,22,23). The van der Waals surface area contributed by atoms with Crippen LogP contribution in [0.25, 0.3) is 0 Å². The first-order valence-corrected chi connectivity index (χ1v) is 8.68. The third-order valence-corrected chi connectivity index (χ3v) is 4.47. The van der Waals surface area contributed by atoms with E-state index in [9.17, 15) is 18.0 Å². The van der Waals surface area contributed by atoms with Gasteiger partial charge in [-0.2, -0.15) is 13.2 Å². The molecule has 0 atom stereocenters. The minimum absolute atomic E-state index is 0.269. The van der Waals surface area contributed by atoms with Crippen molar-refractivity contribution in [3.8, 4) is 11.5 Å². The van der Waals surface area contributed by atoms with Crippen LogP contribution in [0.4, 0.5) is 13.2 Å². The van der Waals surface area contributed by atoms with E-state index < -0.39 is 18.6 Å². The highest BCUT2D eigenvalue weighted by Crippen LogP contribution is 2.33. The molecule has 1 aliphatic rings. The Labute approximate surface area is 162 Å². The van der Waals surface area contributed by atoms with E-state index in [-0.39, 0.29) is 6.54 Å². The molecule has 1 amide bonds. The van der Waals surface area contributed by atoms with E-state index in [4.69, 9.17) is 9.47 Å². The molecule has 1 aromatic rings. The number of guanidine groups is 1. The van der Waals surface area contributed by atoms with Crippen LogP contribution < -0.4 is 14.8 Å². The Bertz CT molecular complexity index is 738. The predicted octanol–water partition coefficient (Wildman–Crippen LogP) is 1.66. The van der Waals surface area contributed by atoms with Crippen LogP contribution >= 0.6 is 0 Å². The number of hydrogen-bond acceptors (Lipinski definition) is 4. The number of nitrogens with one attached hydrogen (secondary N) is 1. The number of halogens is 3. The van der Waals surface area contributed by atoms with Gasteiger partial charge >= 0.3 is 6.18 Å². The summed E-state index contributed by atoms with van der Waals surface area (Å²) in [6.45, 7) is -0.379. The van der Waals surface area contributed by atoms with E-state index in [1.807, 2.05) is 17.0 Å². The molecule has 0 unspecified atom stereocenters. The molecule has 1 aliphatic heterocycles. The average Bonchev–Trinajstić information content (AvgIpc) is 2.65. The van der Waals surface area contributed by atoms with Crippen molar-refractivity contribution in [1.29, 1.82) is 0 Å². The highest BCUT2D eigenvalue weighted by Gasteiger charge is 2.31. The first-order valence-electron chi connectivity index (χ1n) is 8.68. The van der Waals surface area contributed by atoms with Gasteiger partial charge in [0, 0.05) is 27.2 Å². The van der Waals surface area contributed by atoms with Gasteiger partial charge in [-0.25, -0.2) is 0 Å². The number of alkyl halides is 3. The van der Waals surface area contributed by atoms with Gasteiger partial charge in [-0.05, 0) is 29.7 Å². The smallest absolute Gasteiger partial charge is 0.406 e. The van der Waals surface area contributed by atoms with Gasteiger partial charge in [0.2, 0.25) is 5.91 Å². The molecule has 0 bridgehead atoms. The van der Waals surface area contributed by atoms with Crippen molar-refractivity contribution in [1.82, 2.24) is 15.1 Å². The lowest BCUT2D eigenvalue weighted by molar-refractivity contribution is -0.157. The molecule has 156 valence electrons. The van der Waals surface area contributed by atoms with E-state index in [1.165, 1.54) is 0 Å². The van der Waals surface area contributed by atoms with Crippen LogP contribution in [0, 0.1) is 0 Å². The number of aliphatic imine (C=N–C) groups is 1. The number of amides is 1. The van der Waals surface area contributed by atoms with Gasteiger partial charge in [0.25, 0.3) is 0 Å². The van der Waals surface area contributed by atoms with Crippen LogP contribution in [0.2, 0.25) is 0 Å². The molecule has 0 radical (unpaired) electrons. The Balaban J connectivity index is 2.02. The normalized spacial score (nSPS) is 14.4. The fourth-order valence-electron chi connectivity index (χ4n) is 3.04. The summed E-state index contributed by atoms with van der Waals surface area (Å²) in [5, 5.41) is 2.85. The number of methoxy groups -OCH3 is 2. The summed E-state index contributed by atoms with van der Waals surface area (Å²) >= 11 is 0. The van der Waals surface area contributed by atoms with E-state index in [0.717, 1.165) is 24.6 Å². The second-order valence-corrected chi connectivity index (χ2v) is 6.41. The molecular weight excluding hydrogens is 377 g/mol. The molecule has 0 saturated heterocycles. The fourth-order valence-corrected chi connectivity index (χ4v) is 3.04. The van der Waals surface area contributed by atoms with Crippen molar-refractivity contribution in [2.75, 3.05) is 47.9 Å². The zero-order valence-electron chi connectivity index (χ0n) is 16.4. The zero-order chi connectivity index (χ0) is 20.9. The number of nitrogens with zero attached hydrogens (tertiary/aromatic N) is 3. The number of likely N-dealkylation sites (N-methyl/N-ethyl adjacent to an activating group) is 1. The van der Waals surface area contributed by atoms with Crippen LogP contribution in [0.3, 0.4) is 0 Å². The molecule has 10 heteroatoms. The van der Waals surface area contributed by atoms with Crippen LogP contribution in [0.15, 0.2) is 17.1 Å². The predicted molar refractivity (Wildman–Crippen MR) is 98.7 cm³/mol. The second-order valence-electron chi connectivity index (χ2n) is 6.41. The van der Waals surface area contributed by atoms with Gasteiger partial charge in [0.1, 0.15) is 6.54 Å². The third kappa shape index (κ3) is 5.43. The Morgan fingerprint density at radius 1 is 1.25 bits per heavy atom. The molecule has 7 nitrogen and oxygen atoms in total. The van der Waals surface area contributed by atoms with Crippen molar-refractivity contribution in [2.45, 2.75) is 19.1 Å². The molecule has 0 fully saturated rings. The van der Waals surface area contributed by atoms with E-state index in [2.05, 4.69) is 10.3 Å². The van der Waals surface area contributed by atoms with Crippen LogP contribution in [0.1, 0.15) is 11.1 Å². The lowest BCUT2D eigenvalue weighted by Crippen LogP contribution is -2.48. The Kier molecular flexibility index (Phi) is 6.98. The van der Waals surface area contributed by atoms with Crippen LogP contribution in [-0.2, 0) is 17.8 Å². The van der Waals surface area contributed by atoms with Crippen molar-refractivity contribution in [3.63, 3.8) is 0 Å². The number of carbonyl (C=O) groups is 1. The highest BCUT2D eigenvalue weighted by molar-refractivity contribution is 5.86. The minimum Gasteiger partial charge on any atom is -0.493 e. The number of hydrogen-bond donors (Lipinski definition) is 1. The monoisotopic (exact) mass is 402 g/mol. The van der Waals surface area contributed by atoms with Crippen LogP contribution in [0.5, 0.6) is 11.5 Å². The Hall–Kier alpha value is -2.65. The number of carbonyl (C=O) groups excluding carboxylic acids is 1. The summed E-state index contributed by atoms with van der Waals surface area (Å²) in [5.41, 5.74) is 2.16. The van der Waals surface area contributed by atoms with Gasteiger partial charge in [0.15, 0.2) is 17.5 Å². The molecule has 0 saturated carbocycles. The molecule has 2 rings (SSSR count). The maximum Gasteiger partial charge on any atom is 0.406 e. The van der Waals surface area contributed by atoms with E-state index in [0.29, 0.717) is 35.4 Å². The summed E-state index contributed by atoms with van der Waals surface area (Å²) in [6, 6.07) is 3.84. The molecule has 0 aliphatic carbocycles. The van der Waals surface area contributed by atoms with Gasteiger partial charge < -0.3 is 24.6 Å². The molecule has 1 aromatic carbocycles. The highest BCUT2D eigenvalue weighted by atomic mass is 19.4. The van der Waals surface area contributed by atoms with Gasteiger partial charge in [0.05, 0.1) is 20.8 Å². The SMILES string of the molecule is CN=C(NCC(=O)N(C)CC(F)(F)F)N1CCc2cc(OC)c(OC)cc2C1. The maximum atomic E-state index is 12.4. The number of fused-ring (bicyclic) bond motifs is 1. The lowest BCUT2D eigenvalue weighted by Gasteiger charge is -2.32.